The topological polar surface area (TPSA) is 52.7 Å². The summed E-state index contributed by atoms with van der Waals surface area (Å²) < 4.78 is 0. The molecule has 1 aromatic rings. The molecule has 5 nitrogen and oxygen atoms in total. The number of carbonyl (C=O) groups excluding carboxylic acids is 2. The van der Waals surface area contributed by atoms with Crippen LogP contribution in [0.2, 0.25) is 0 Å². The zero-order valence-electron chi connectivity index (χ0n) is 12.9. The minimum atomic E-state index is 0.0342. The average molecular weight is 301 g/mol. The summed E-state index contributed by atoms with van der Waals surface area (Å²) in [5.41, 5.74) is 4.88. The number of hydrogen-bond donors (Lipinski definition) is 1. The van der Waals surface area contributed by atoms with Gasteiger partial charge in [0, 0.05) is 31.7 Å². The van der Waals surface area contributed by atoms with Gasteiger partial charge < -0.3 is 4.90 Å². The van der Waals surface area contributed by atoms with Gasteiger partial charge in [0.2, 0.25) is 11.8 Å². The van der Waals surface area contributed by atoms with E-state index in [0.717, 1.165) is 50.1 Å². The lowest BCUT2D eigenvalue weighted by molar-refractivity contribution is -0.125. The van der Waals surface area contributed by atoms with Gasteiger partial charge in [-0.05, 0) is 37.0 Å². The van der Waals surface area contributed by atoms with Gasteiger partial charge in [-0.2, -0.15) is 0 Å². The van der Waals surface area contributed by atoms with Crippen LogP contribution in [0.4, 0.5) is 5.69 Å². The van der Waals surface area contributed by atoms with Gasteiger partial charge in [0.25, 0.3) is 0 Å². The Bertz CT molecular complexity index is 535. The molecular weight excluding hydrogens is 278 g/mol. The highest BCUT2D eigenvalue weighted by Gasteiger charge is 2.21. The molecule has 1 N–H and O–H groups in total. The summed E-state index contributed by atoms with van der Waals surface area (Å²) in [6, 6.07) is 7.76. The minimum Gasteiger partial charge on any atom is -0.312 e. The number of hydrogen-bond acceptors (Lipinski definition) is 3. The van der Waals surface area contributed by atoms with E-state index in [0.29, 0.717) is 12.8 Å². The van der Waals surface area contributed by atoms with E-state index >= 15 is 0 Å². The summed E-state index contributed by atoms with van der Waals surface area (Å²) in [6.07, 6.45) is 5.50. The molecule has 5 heteroatoms. The molecule has 2 aliphatic heterocycles. The summed E-state index contributed by atoms with van der Waals surface area (Å²) in [5.74, 6) is 0.225. The largest absolute Gasteiger partial charge is 0.312 e. The highest BCUT2D eigenvalue weighted by molar-refractivity contribution is 5.95. The maximum atomic E-state index is 12.1. The third-order valence-electron chi connectivity index (χ3n) is 4.32. The Morgan fingerprint density at radius 2 is 1.73 bits per heavy atom. The molecule has 0 atom stereocenters. The number of nitrogens with one attached hydrogen (secondary N) is 1. The van der Waals surface area contributed by atoms with E-state index in [1.807, 2.05) is 34.2 Å². The smallest absolute Gasteiger partial charge is 0.238 e. The van der Waals surface area contributed by atoms with Gasteiger partial charge in [-0.15, -0.1) is 0 Å². The predicted molar refractivity (Wildman–Crippen MR) is 85.3 cm³/mol. The normalized spacial score (nSPS) is 19.5. The van der Waals surface area contributed by atoms with Crippen molar-refractivity contribution in [3.63, 3.8) is 0 Å². The molecule has 0 saturated carbocycles. The Hall–Kier alpha value is -1.88. The highest BCUT2D eigenvalue weighted by atomic mass is 16.2. The number of anilines is 1. The highest BCUT2D eigenvalue weighted by Crippen LogP contribution is 2.21. The lowest BCUT2D eigenvalue weighted by atomic mass is 10.1. The zero-order valence-corrected chi connectivity index (χ0v) is 12.9. The Morgan fingerprint density at radius 3 is 2.36 bits per heavy atom. The standard InChI is InChI=1S/C17H23N3O2/c21-16(18-19-10-2-1-3-11-19)13-14-6-8-15(9-7-14)20-12-4-5-17(20)22/h6-9H,1-5,10-13H2,(H,18,21). The number of piperidine rings is 1. The summed E-state index contributed by atoms with van der Waals surface area (Å²) in [4.78, 5) is 25.6. The maximum absolute atomic E-state index is 12.1. The van der Waals surface area contributed by atoms with Gasteiger partial charge in [0.15, 0.2) is 0 Å². The molecule has 2 heterocycles. The molecule has 0 aromatic heterocycles. The van der Waals surface area contributed by atoms with E-state index in [1.54, 1.807) is 0 Å². The van der Waals surface area contributed by atoms with Crippen molar-refractivity contribution >= 4 is 17.5 Å². The van der Waals surface area contributed by atoms with Crippen LogP contribution < -0.4 is 10.3 Å². The van der Waals surface area contributed by atoms with E-state index in [2.05, 4.69) is 5.43 Å². The predicted octanol–water partition coefficient (Wildman–Crippen LogP) is 1.87. The Labute approximate surface area is 131 Å². The third kappa shape index (κ3) is 3.65. The fraction of sp³-hybridized carbons (Fsp3) is 0.529. The second kappa shape index (κ2) is 6.92. The van der Waals surface area contributed by atoms with Crippen molar-refractivity contribution in [2.45, 2.75) is 38.5 Å². The van der Waals surface area contributed by atoms with Gasteiger partial charge in [-0.1, -0.05) is 18.6 Å². The molecule has 118 valence electrons. The summed E-state index contributed by atoms with van der Waals surface area (Å²) >= 11 is 0. The number of nitrogens with zero attached hydrogens (tertiary/aromatic N) is 2. The minimum absolute atomic E-state index is 0.0342. The molecule has 2 aliphatic rings. The first-order valence-electron chi connectivity index (χ1n) is 8.16. The molecule has 3 rings (SSSR count). The molecule has 22 heavy (non-hydrogen) atoms. The van der Waals surface area contributed by atoms with Crippen LogP contribution in [-0.2, 0) is 16.0 Å². The average Bonchev–Trinajstić information content (AvgIpc) is 2.95. The second-order valence-corrected chi connectivity index (χ2v) is 6.07. The lowest BCUT2D eigenvalue weighted by Crippen LogP contribution is -2.45. The molecule has 0 spiro atoms. The number of rotatable bonds is 4. The Kier molecular flexibility index (Phi) is 4.73. The first kappa shape index (κ1) is 15.0. The maximum Gasteiger partial charge on any atom is 0.238 e. The van der Waals surface area contributed by atoms with Gasteiger partial charge in [-0.3, -0.25) is 15.0 Å². The summed E-state index contributed by atoms with van der Waals surface area (Å²) in [5, 5.41) is 2.02. The number of benzene rings is 1. The lowest BCUT2D eigenvalue weighted by Gasteiger charge is -2.26. The van der Waals surface area contributed by atoms with E-state index in [4.69, 9.17) is 0 Å². The molecule has 2 saturated heterocycles. The SMILES string of the molecule is O=C(Cc1ccc(N2CCCC2=O)cc1)NN1CCCCC1. The molecule has 0 aliphatic carbocycles. The van der Waals surface area contributed by atoms with E-state index in [-0.39, 0.29) is 11.8 Å². The van der Waals surface area contributed by atoms with Crippen LogP contribution in [0.15, 0.2) is 24.3 Å². The van der Waals surface area contributed by atoms with Crippen LogP contribution in [0, 0.1) is 0 Å². The second-order valence-electron chi connectivity index (χ2n) is 6.07. The summed E-state index contributed by atoms with van der Waals surface area (Å²) in [6.45, 7) is 2.69. The van der Waals surface area contributed by atoms with Crippen molar-refractivity contribution in [3.8, 4) is 0 Å². The monoisotopic (exact) mass is 301 g/mol. The number of amides is 2. The Balaban J connectivity index is 1.54. The first-order chi connectivity index (χ1) is 10.7. The molecule has 0 bridgehead atoms. The van der Waals surface area contributed by atoms with Crippen LogP contribution >= 0.6 is 0 Å². The molecule has 0 radical (unpaired) electrons. The quantitative estimate of drug-likeness (QED) is 0.924. The molecular formula is C17H23N3O2. The third-order valence-corrected chi connectivity index (χ3v) is 4.32. The van der Waals surface area contributed by atoms with Crippen LogP contribution in [0.1, 0.15) is 37.7 Å². The van der Waals surface area contributed by atoms with Gasteiger partial charge in [0.1, 0.15) is 0 Å². The van der Waals surface area contributed by atoms with E-state index in [9.17, 15) is 9.59 Å². The van der Waals surface area contributed by atoms with E-state index in [1.165, 1.54) is 6.42 Å². The number of hydrazine groups is 1. The van der Waals surface area contributed by atoms with Crippen molar-refractivity contribution in [1.29, 1.82) is 0 Å². The van der Waals surface area contributed by atoms with Crippen molar-refractivity contribution in [1.82, 2.24) is 10.4 Å². The fourth-order valence-electron chi connectivity index (χ4n) is 3.12. The molecule has 2 fully saturated rings. The molecule has 0 unspecified atom stereocenters. The van der Waals surface area contributed by atoms with Crippen LogP contribution in [0.3, 0.4) is 0 Å². The fourth-order valence-corrected chi connectivity index (χ4v) is 3.12. The van der Waals surface area contributed by atoms with Gasteiger partial charge in [-0.25, -0.2) is 5.01 Å². The van der Waals surface area contributed by atoms with Crippen molar-refractivity contribution in [2.75, 3.05) is 24.5 Å². The van der Waals surface area contributed by atoms with Crippen LogP contribution in [0.25, 0.3) is 0 Å². The van der Waals surface area contributed by atoms with Crippen LogP contribution in [-0.4, -0.2) is 36.5 Å². The Morgan fingerprint density at radius 1 is 1.00 bits per heavy atom. The van der Waals surface area contributed by atoms with Crippen LogP contribution in [0.5, 0.6) is 0 Å². The van der Waals surface area contributed by atoms with Crippen molar-refractivity contribution < 1.29 is 9.59 Å². The molecule has 2 amide bonds. The van der Waals surface area contributed by atoms with Crippen molar-refractivity contribution in [2.24, 2.45) is 0 Å². The number of carbonyl (C=O) groups is 2. The van der Waals surface area contributed by atoms with Gasteiger partial charge in [0.05, 0.1) is 6.42 Å². The van der Waals surface area contributed by atoms with E-state index < -0.39 is 0 Å². The first-order valence-corrected chi connectivity index (χ1v) is 8.16. The molecule has 1 aromatic carbocycles. The zero-order chi connectivity index (χ0) is 15.4. The van der Waals surface area contributed by atoms with Crippen molar-refractivity contribution in [3.05, 3.63) is 29.8 Å². The summed E-state index contributed by atoms with van der Waals surface area (Å²) in [7, 11) is 0. The van der Waals surface area contributed by atoms with Gasteiger partial charge >= 0.3 is 0 Å².